The zero-order chi connectivity index (χ0) is 16.3. The molecule has 0 aliphatic carbocycles. The van der Waals surface area contributed by atoms with Gasteiger partial charge in [0.05, 0.1) is 6.10 Å². The summed E-state index contributed by atoms with van der Waals surface area (Å²) >= 11 is 0. The SMILES string of the molecule is CN(C(=O)[C@@H]1CC[C@H](CN)O1)c1cccc(OC(F)(F)F)c1.Cl. The van der Waals surface area contributed by atoms with Crippen LogP contribution in [0.15, 0.2) is 24.3 Å². The van der Waals surface area contributed by atoms with Gasteiger partial charge >= 0.3 is 6.36 Å². The van der Waals surface area contributed by atoms with E-state index in [4.69, 9.17) is 10.5 Å². The molecule has 130 valence electrons. The van der Waals surface area contributed by atoms with Gasteiger partial charge in [-0.2, -0.15) is 0 Å². The quantitative estimate of drug-likeness (QED) is 0.902. The lowest BCUT2D eigenvalue weighted by Crippen LogP contribution is -2.37. The molecule has 0 aromatic heterocycles. The number of hydrogen-bond acceptors (Lipinski definition) is 4. The average molecular weight is 355 g/mol. The van der Waals surface area contributed by atoms with Crippen molar-refractivity contribution in [2.75, 3.05) is 18.5 Å². The molecule has 0 saturated carbocycles. The maximum atomic E-state index is 12.3. The van der Waals surface area contributed by atoms with E-state index in [0.717, 1.165) is 6.07 Å². The van der Waals surface area contributed by atoms with Crippen molar-refractivity contribution in [3.05, 3.63) is 24.3 Å². The molecular formula is C14H18ClF3N2O3. The average Bonchev–Trinajstić information content (AvgIpc) is 2.93. The Kier molecular flexibility index (Phi) is 6.67. The summed E-state index contributed by atoms with van der Waals surface area (Å²) in [5.74, 6) is -0.697. The third-order valence-corrected chi connectivity index (χ3v) is 3.41. The maximum absolute atomic E-state index is 12.3. The first-order valence-electron chi connectivity index (χ1n) is 6.79. The molecule has 1 aliphatic rings. The van der Waals surface area contributed by atoms with Crippen LogP contribution in [0.1, 0.15) is 12.8 Å². The zero-order valence-corrected chi connectivity index (χ0v) is 13.2. The van der Waals surface area contributed by atoms with E-state index in [9.17, 15) is 18.0 Å². The summed E-state index contributed by atoms with van der Waals surface area (Å²) in [5.41, 5.74) is 5.79. The molecule has 1 heterocycles. The Balaban J connectivity index is 0.00000264. The molecule has 0 unspecified atom stereocenters. The number of carbonyl (C=O) groups is 1. The summed E-state index contributed by atoms with van der Waals surface area (Å²) in [6, 6.07) is 5.24. The lowest BCUT2D eigenvalue weighted by Gasteiger charge is -2.22. The van der Waals surface area contributed by atoms with Crippen LogP contribution in [0.4, 0.5) is 18.9 Å². The summed E-state index contributed by atoms with van der Waals surface area (Å²) in [6.45, 7) is 0.336. The molecule has 2 atom stereocenters. The Hall–Kier alpha value is -1.51. The van der Waals surface area contributed by atoms with Crippen molar-refractivity contribution in [3.63, 3.8) is 0 Å². The van der Waals surface area contributed by atoms with E-state index >= 15 is 0 Å². The third-order valence-electron chi connectivity index (χ3n) is 3.41. The fourth-order valence-corrected chi connectivity index (χ4v) is 2.29. The molecule has 1 aliphatic heterocycles. The second-order valence-corrected chi connectivity index (χ2v) is 5.00. The van der Waals surface area contributed by atoms with Gasteiger partial charge in [0.2, 0.25) is 0 Å². The monoisotopic (exact) mass is 354 g/mol. The number of benzene rings is 1. The summed E-state index contributed by atoms with van der Waals surface area (Å²) in [7, 11) is 1.48. The molecule has 9 heteroatoms. The standard InChI is InChI=1S/C14H17F3N2O3.ClH/c1-19(13(20)12-6-5-11(8-18)21-12)9-3-2-4-10(7-9)22-14(15,16)17;/h2-4,7,11-12H,5-6,8,18H2,1H3;1H/t11-,12+;/m1./s1. The van der Waals surface area contributed by atoms with Gasteiger partial charge in [0, 0.05) is 25.3 Å². The predicted molar refractivity (Wildman–Crippen MR) is 80.7 cm³/mol. The van der Waals surface area contributed by atoms with Crippen molar-refractivity contribution in [3.8, 4) is 5.75 Å². The number of nitrogens with zero attached hydrogens (tertiary/aromatic N) is 1. The van der Waals surface area contributed by atoms with E-state index in [2.05, 4.69) is 4.74 Å². The first-order valence-corrected chi connectivity index (χ1v) is 6.79. The van der Waals surface area contributed by atoms with Gasteiger partial charge in [-0.15, -0.1) is 25.6 Å². The molecule has 23 heavy (non-hydrogen) atoms. The fourth-order valence-electron chi connectivity index (χ4n) is 2.29. The van der Waals surface area contributed by atoms with Crippen LogP contribution in [0, 0.1) is 0 Å². The van der Waals surface area contributed by atoms with Gasteiger partial charge < -0.3 is 20.1 Å². The van der Waals surface area contributed by atoms with Crippen LogP contribution in [0.2, 0.25) is 0 Å². The van der Waals surface area contributed by atoms with Crippen molar-refractivity contribution < 1.29 is 27.4 Å². The summed E-state index contributed by atoms with van der Waals surface area (Å²) in [4.78, 5) is 13.6. The second-order valence-electron chi connectivity index (χ2n) is 5.00. The second kappa shape index (κ2) is 7.85. The normalized spacial score (nSPS) is 20.7. The number of halogens is 4. The Morgan fingerprint density at radius 3 is 2.70 bits per heavy atom. The number of likely N-dealkylation sites (N-methyl/N-ethyl adjacent to an activating group) is 1. The molecule has 2 N–H and O–H groups in total. The minimum Gasteiger partial charge on any atom is -0.406 e. The van der Waals surface area contributed by atoms with Gasteiger partial charge in [-0.3, -0.25) is 4.79 Å². The Morgan fingerprint density at radius 1 is 1.43 bits per heavy atom. The van der Waals surface area contributed by atoms with Gasteiger partial charge in [0.1, 0.15) is 11.9 Å². The molecule has 0 radical (unpaired) electrons. The summed E-state index contributed by atoms with van der Waals surface area (Å²) in [5, 5.41) is 0. The first kappa shape index (κ1) is 19.5. The Bertz CT molecular complexity index is 542. The molecule has 1 aromatic carbocycles. The van der Waals surface area contributed by atoms with Gasteiger partial charge in [-0.05, 0) is 25.0 Å². The highest BCUT2D eigenvalue weighted by Crippen LogP contribution is 2.28. The van der Waals surface area contributed by atoms with E-state index in [0.29, 0.717) is 25.1 Å². The Morgan fingerprint density at radius 2 is 2.13 bits per heavy atom. The van der Waals surface area contributed by atoms with E-state index in [1.54, 1.807) is 0 Å². The van der Waals surface area contributed by atoms with Crippen LogP contribution >= 0.6 is 12.4 Å². The van der Waals surface area contributed by atoms with Crippen molar-refractivity contribution in [1.29, 1.82) is 0 Å². The number of carbonyl (C=O) groups excluding carboxylic acids is 1. The fraction of sp³-hybridized carbons (Fsp3) is 0.500. The zero-order valence-electron chi connectivity index (χ0n) is 12.4. The molecule has 1 fully saturated rings. The number of hydrogen-bond donors (Lipinski definition) is 1. The largest absolute Gasteiger partial charge is 0.573 e. The van der Waals surface area contributed by atoms with Crippen LogP contribution in [-0.2, 0) is 9.53 Å². The molecule has 1 amide bonds. The van der Waals surface area contributed by atoms with Crippen molar-refractivity contribution in [2.45, 2.75) is 31.4 Å². The van der Waals surface area contributed by atoms with Crippen LogP contribution in [0.25, 0.3) is 0 Å². The van der Waals surface area contributed by atoms with E-state index in [1.807, 2.05) is 0 Å². The number of rotatable bonds is 4. The van der Waals surface area contributed by atoms with E-state index in [1.165, 1.54) is 30.1 Å². The molecular weight excluding hydrogens is 337 g/mol. The number of nitrogens with two attached hydrogens (primary N) is 1. The van der Waals surface area contributed by atoms with Gasteiger partial charge in [-0.25, -0.2) is 0 Å². The van der Waals surface area contributed by atoms with Crippen LogP contribution in [0.5, 0.6) is 5.75 Å². The topological polar surface area (TPSA) is 64.8 Å². The van der Waals surface area contributed by atoms with Crippen molar-refractivity contribution in [2.24, 2.45) is 5.73 Å². The molecule has 0 spiro atoms. The van der Waals surface area contributed by atoms with Gasteiger partial charge in [-0.1, -0.05) is 6.07 Å². The molecule has 1 aromatic rings. The van der Waals surface area contributed by atoms with E-state index < -0.39 is 12.5 Å². The van der Waals surface area contributed by atoms with Crippen molar-refractivity contribution in [1.82, 2.24) is 0 Å². The summed E-state index contributed by atoms with van der Waals surface area (Å²) < 4.78 is 46.0. The lowest BCUT2D eigenvalue weighted by atomic mass is 10.1. The minimum atomic E-state index is -4.77. The third kappa shape index (κ3) is 5.26. The van der Waals surface area contributed by atoms with Crippen LogP contribution in [-0.4, -0.2) is 38.1 Å². The van der Waals surface area contributed by atoms with Gasteiger partial charge in [0.25, 0.3) is 5.91 Å². The van der Waals surface area contributed by atoms with Crippen LogP contribution < -0.4 is 15.4 Å². The highest BCUT2D eigenvalue weighted by molar-refractivity contribution is 5.96. The lowest BCUT2D eigenvalue weighted by molar-refractivity contribution is -0.274. The van der Waals surface area contributed by atoms with Crippen LogP contribution in [0.3, 0.4) is 0 Å². The highest BCUT2D eigenvalue weighted by atomic mass is 35.5. The smallest absolute Gasteiger partial charge is 0.406 e. The first-order chi connectivity index (χ1) is 10.3. The number of anilines is 1. The molecule has 0 bridgehead atoms. The molecule has 2 rings (SSSR count). The molecule has 1 saturated heterocycles. The molecule has 5 nitrogen and oxygen atoms in total. The maximum Gasteiger partial charge on any atom is 0.573 e. The highest BCUT2D eigenvalue weighted by Gasteiger charge is 2.33. The Labute approximate surface area is 137 Å². The minimum absolute atomic E-state index is 0. The number of alkyl halides is 3. The van der Waals surface area contributed by atoms with E-state index in [-0.39, 0.29) is 30.2 Å². The number of ether oxygens (including phenoxy) is 2. The van der Waals surface area contributed by atoms with Crippen molar-refractivity contribution >= 4 is 24.0 Å². The summed E-state index contributed by atoms with van der Waals surface area (Å²) in [6.07, 6.45) is -4.31. The van der Waals surface area contributed by atoms with Gasteiger partial charge in [0.15, 0.2) is 0 Å². The number of amides is 1. The predicted octanol–water partition coefficient (Wildman–Crippen LogP) is 2.48.